The van der Waals surface area contributed by atoms with Crippen LogP contribution in [0.2, 0.25) is 0 Å². The van der Waals surface area contributed by atoms with Gasteiger partial charge in [0, 0.05) is 17.1 Å². The maximum atomic E-state index is 12.4. The van der Waals surface area contributed by atoms with E-state index in [-0.39, 0.29) is 18.4 Å². The van der Waals surface area contributed by atoms with Crippen molar-refractivity contribution < 1.29 is 9.59 Å². The Morgan fingerprint density at radius 3 is 2.50 bits per heavy atom. The van der Waals surface area contributed by atoms with Crippen LogP contribution in [0.3, 0.4) is 0 Å². The third-order valence-corrected chi connectivity index (χ3v) is 4.26. The van der Waals surface area contributed by atoms with Crippen LogP contribution in [0.25, 0.3) is 0 Å². The fourth-order valence-electron chi connectivity index (χ4n) is 2.65. The molecule has 2 aromatic carbocycles. The van der Waals surface area contributed by atoms with Crippen LogP contribution in [0.15, 0.2) is 46.9 Å². The van der Waals surface area contributed by atoms with Gasteiger partial charge in [0.15, 0.2) is 0 Å². The van der Waals surface area contributed by atoms with Gasteiger partial charge in [-0.1, -0.05) is 47.1 Å². The molecule has 0 unspecified atom stereocenters. The molecule has 0 heterocycles. The summed E-state index contributed by atoms with van der Waals surface area (Å²) >= 11 is 3.38. The summed E-state index contributed by atoms with van der Waals surface area (Å²) in [6.45, 7) is 5.47. The quantitative estimate of drug-likeness (QED) is 0.829. The third-order valence-electron chi connectivity index (χ3n) is 3.76. The van der Waals surface area contributed by atoms with Gasteiger partial charge in [0.05, 0.1) is 5.69 Å². The predicted octanol–water partition coefficient (Wildman–Crippen LogP) is 4.31. The van der Waals surface area contributed by atoms with Crippen LogP contribution in [0.1, 0.15) is 25.0 Å². The highest BCUT2D eigenvalue weighted by Crippen LogP contribution is 2.26. The first kappa shape index (κ1) is 18.2. The molecule has 0 spiro atoms. The Labute approximate surface area is 151 Å². The number of amides is 2. The van der Waals surface area contributed by atoms with Gasteiger partial charge in [-0.15, -0.1) is 0 Å². The van der Waals surface area contributed by atoms with Gasteiger partial charge in [0.2, 0.25) is 11.8 Å². The topological polar surface area (TPSA) is 49.4 Å². The Hall–Kier alpha value is -2.14. The smallest absolute Gasteiger partial charge is 0.244 e. The number of hydrogen-bond donors (Lipinski definition) is 1. The molecule has 2 amide bonds. The maximum absolute atomic E-state index is 12.4. The van der Waals surface area contributed by atoms with Crippen molar-refractivity contribution in [2.45, 2.75) is 27.2 Å². The normalized spacial score (nSPS) is 10.3. The zero-order valence-electron chi connectivity index (χ0n) is 14.1. The van der Waals surface area contributed by atoms with Crippen molar-refractivity contribution in [3.8, 4) is 0 Å². The Kier molecular flexibility index (Phi) is 6.15. The van der Waals surface area contributed by atoms with Gasteiger partial charge < -0.3 is 10.2 Å². The minimum absolute atomic E-state index is 0.0142. The standard InChI is InChI=1S/C19H21BrN2O2/c1-4-15-8-5-7-13(2)19(15)22(14(3)23)12-18(24)21-17-10-6-9-16(20)11-17/h5-11H,4,12H2,1-3H3,(H,21,24). The van der Waals surface area contributed by atoms with Crippen LogP contribution in [0.5, 0.6) is 0 Å². The summed E-state index contributed by atoms with van der Waals surface area (Å²) in [5, 5.41) is 2.83. The predicted molar refractivity (Wildman–Crippen MR) is 101 cm³/mol. The van der Waals surface area contributed by atoms with Crippen LogP contribution in [-0.4, -0.2) is 18.4 Å². The molecule has 5 heteroatoms. The van der Waals surface area contributed by atoms with Crippen LogP contribution in [-0.2, 0) is 16.0 Å². The molecule has 0 aromatic heterocycles. The summed E-state index contributed by atoms with van der Waals surface area (Å²) < 4.78 is 0.885. The van der Waals surface area contributed by atoms with Crippen LogP contribution in [0.4, 0.5) is 11.4 Å². The Balaban J connectivity index is 2.23. The summed E-state index contributed by atoms with van der Waals surface area (Å²) in [5.41, 5.74) is 3.57. The average Bonchev–Trinajstić information content (AvgIpc) is 2.52. The number of nitrogens with zero attached hydrogens (tertiary/aromatic N) is 1. The van der Waals surface area contributed by atoms with Crippen molar-refractivity contribution in [2.24, 2.45) is 0 Å². The molecule has 24 heavy (non-hydrogen) atoms. The minimum atomic E-state index is -0.228. The second-order valence-electron chi connectivity index (χ2n) is 5.60. The lowest BCUT2D eigenvalue weighted by molar-refractivity contribution is -0.120. The number of hydrogen-bond acceptors (Lipinski definition) is 2. The second-order valence-corrected chi connectivity index (χ2v) is 6.52. The van der Waals surface area contributed by atoms with Gasteiger partial charge in [0.1, 0.15) is 6.54 Å². The first-order valence-corrected chi connectivity index (χ1v) is 8.63. The number of carbonyl (C=O) groups is 2. The van der Waals surface area contributed by atoms with Crippen molar-refractivity contribution in [3.05, 3.63) is 58.1 Å². The second kappa shape index (κ2) is 8.11. The Morgan fingerprint density at radius 1 is 1.17 bits per heavy atom. The Morgan fingerprint density at radius 2 is 1.88 bits per heavy atom. The van der Waals surface area contributed by atoms with E-state index in [1.165, 1.54) is 6.92 Å². The molecule has 2 aromatic rings. The SMILES string of the molecule is CCc1cccc(C)c1N(CC(=O)Nc1cccc(Br)c1)C(C)=O. The van der Waals surface area contributed by atoms with Crippen molar-refractivity contribution in [2.75, 3.05) is 16.8 Å². The largest absolute Gasteiger partial charge is 0.324 e. The highest BCUT2D eigenvalue weighted by molar-refractivity contribution is 9.10. The number of benzene rings is 2. The molecule has 0 radical (unpaired) electrons. The van der Waals surface area contributed by atoms with E-state index in [9.17, 15) is 9.59 Å². The molecule has 1 N–H and O–H groups in total. The van der Waals surface area contributed by atoms with E-state index in [1.54, 1.807) is 4.90 Å². The minimum Gasteiger partial charge on any atom is -0.324 e. The van der Waals surface area contributed by atoms with Crippen LogP contribution < -0.4 is 10.2 Å². The number of anilines is 2. The van der Waals surface area contributed by atoms with E-state index < -0.39 is 0 Å². The molecule has 0 saturated carbocycles. The fraction of sp³-hybridized carbons (Fsp3) is 0.263. The van der Waals surface area contributed by atoms with Crippen LogP contribution >= 0.6 is 15.9 Å². The van der Waals surface area contributed by atoms with Gasteiger partial charge in [-0.3, -0.25) is 9.59 Å². The molecular weight excluding hydrogens is 368 g/mol. The zero-order valence-corrected chi connectivity index (χ0v) is 15.7. The van der Waals surface area contributed by atoms with Crippen molar-refractivity contribution >= 4 is 39.1 Å². The molecule has 0 bridgehead atoms. The average molecular weight is 389 g/mol. The van der Waals surface area contributed by atoms with Gasteiger partial charge in [-0.05, 0) is 42.7 Å². The molecule has 4 nitrogen and oxygen atoms in total. The molecule has 0 aliphatic heterocycles. The first-order valence-electron chi connectivity index (χ1n) is 7.84. The van der Waals surface area contributed by atoms with Crippen molar-refractivity contribution in [1.82, 2.24) is 0 Å². The fourth-order valence-corrected chi connectivity index (χ4v) is 3.05. The molecule has 0 fully saturated rings. The van der Waals surface area contributed by atoms with Gasteiger partial charge in [0.25, 0.3) is 0 Å². The van der Waals surface area contributed by atoms with E-state index >= 15 is 0 Å². The number of aryl methyl sites for hydroxylation is 2. The van der Waals surface area contributed by atoms with Crippen molar-refractivity contribution in [1.29, 1.82) is 0 Å². The molecule has 2 rings (SSSR count). The summed E-state index contributed by atoms with van der Waals surface area (Å²) in [7, 11) is 0. The number of carbonyl (C=O) groups excluding carboxylic acids is 2. The molecular formula is C19H21BrN2O2. The van der Waals surface area contributed by atoms with E-state index in [0.29, 0.717) is 5.69 Å². The summed E-state index contributed by atoms with van der Waals surface area (Å²) in [4.78, 5) is 26.1. The molecule has 0 atom stereocenters. The van der Waals surface area contributed by atoms with E-state index in [4.69, 9.17) is 0 Å². The number of nitrogens with one attached hydrogen (secondary N) is 1. The number of halogens is 1. The lowest BCUT2D eigenvalue weighted by Crippen LogP contribution is -2.37. The molecule has 126 valence electrons. The summed E-state index contributed by atoms with van der Waals surface area (Å²) in [6, 6.07) is 13.3. The van der Waals surface area contributed by atoms with Gasteiger partial charge in [-0.2, -0.15) is 0 Å². The third kappa shape index (κ3) is 4.45. The number of rotatable bonds is 5. The van der Waals surface area contributed by atoms with E-state index in [0.717, 1.165) is 27.7 Å². The molecule has 0 aliphatic rings. The highest BCUT2D eigenvalue weighted by atomic mass is 79.9. The first-order chi connectivity index (χ1) is 11.4. The highest BCUT2D eigenvalue weighted by Gasteiger charge is 2.20. The van der Waals surface area contributed by atoms with Gasteiger partial charge >= 0.3 is 0 Å². The lowest BCUT2D eigenvalue weighted by Gasteiger charge is -2.25. The van der Waals surface area contributed by atoms with Gasteiger partial charge in [-0.25, -0.2) is 0 Å². The lowest BCUT2D eigenvalue weighted by atomic mass is 10.0. The molecule has 0 aliphatic carbocycles. The van der Waals surface area contributed by atoms with Crippen molar-refractivity contribution in [3.63, 3.8) is 0 Å². The van der Waals surface area contributed by atoms with E-state index in [1.807, 2.05) is 56.3 Å². The monoisotopic (exact) mass is 388 g/mol. The van der Waals surface area contributed by atoms with Crippen LogP contribution in [0, 0.1) is 6.92 Å². The zero-order chi connectivity index (χ0) is 17.7. The van der Waals surface area contributed by atoms with E-state index in [2.05, 4.69) is 21.2 Å². The Bertz CT molecular complexity index is 759. The molecule has 0 saturated heterocycles. The number of para-hydroxylation sites is 1. The maximum Gasteiger partial charge on any atom is 0.244 e. The summed E-state index contributed by atoms with van der Waals surface area (Å²) in [6.07, 6.45) is 0.800. The summed E-state index contributed by atoms with van der Waals surface area (Å²) in [5.74, 6) is -0.378.